The Morgan fingerprint density at radius 3 is 2.65 bits per heavy atom. The maximum absolute atomic E-state index is 12.5. The van der Waals surface area contributed by atoms with E-state index in [1.54, 1.807) is 60.8 Å². The highest BCUT2D eigenvalue weighted by Gasteiger charge is 2.12. The average Bonchev–Trinajstić information content (AvgIpc) is 2.80. The summed E-state index contributed by atoms with van der Waals surface area (Å²) in [6, 6.07) is 15.1. The van der Waals surface area contributed by atoms with Crippen molar-refractivity contribution in [3.63, 3.8) is 0 Å². The molecule has 0 fully saturated rings. The fraction of sp³-hybridized carbons (Fsp3) is 0.130. The van der Waals surface area contributed by atoms with E-state index in [9.17, 15) is 9.59 Å². The van der Waals surface area contributed by atoms with Gasteiger partial charge in [-0.2, -0.15) is 5.10 Å². The number of pyridine rings is 1. The minimum absolute atomic E-state index is 0.305. The smallest absolute Gasteiger partial charge is 0.343 e. The Labute approximate surface area is 188 Å². The molecule has 0 saturated heterocycles. The fourth-order valence-electron chi connectivity index (χ4n) is 2.50. The van der Waals surface area contributed by atoms with Crippen LogP contribution in [0.4, 0.5) is 0 Å². The minimum Gasteiger partial charge on any atom is -0.494 e. The number of rotatable bonds is 8. The second kappa shape index (κ2) is 11.0. The van der Waals surface area contributed by atoms with Gasteiger partial charge in [-0.25, -0.2) is 10.2 Å². The Morgan fingerprint density at radius 2 is 1.94 bits per heavy atom. The Morgan fingerprint density at radius 1 is 1.13 bits per heavy atom. The van der Waals surface area contributed by atoms with Crippen molar-refractivity contribution in [1.29, 1.82) is 0 Å². The summed E-state index contributed by atoms with van der Waals surface area (Å²) in [6.07, 6.45) is 5.33. The molecule has 3 aromatic rings. The molecule has 3 rings (SSSR count). The lowest BCUT2D eigenvalue weighted by Gasteiger charge is -2.09. The van der Waals surface area contributed by atoms with Crippen molar-refractivity contribution in [2.45, 2.75) is 13.3 Å². The second-order valence-electron chi connectivity index (χ2n) is 6.39. The predicted molar refractivity (Wildman–Crippen MR) is 121 cm³/mol. The van der Waals surface area contributed by atoms with E-state index in [0.29, 0.717) is 34.8 Å². The maximum Gasteiger partial charge on any atom is 0.343 e. The van der Waals surface area contributed by atoms with Gasteiger partial charge < -0.3 is 9.47 Å². The summed E-state index contributed by atoms with van der Waals surface area (Å²) in [5, 5.41) is 3.96. The first-order valence-electron chi connectivity index (χ1n) is 9.55. The summed E-state index contributed by atoms with van der Waals surface area (Å²) in [6.45, 7) is 2.64. The third kappa shape index (κ3) is 6.48. The Balaban J connectivity index is 1.69. The highest BCUT2D eigenvalue weighted by atomic mass is 79.9. The quantitative estimate of drug-likeness (QED) is 0.219. The predicted octanol–water partition coefficient (Wildman–Crippen LogP) is 4.62. The molecular formula is C23H20BrN3O4. The van der Waals surface area contributed by atoms with Crippen molar-refractivity contribution in [2.75, 3.05) is 6.61 Å². The van der Waals surface area contributed by atoms with E-state index in [1.807, 2.05) is 6.92 Å². The lowest BCUT2D eigenvalue weighted by Crippen LogP contribution is -2.17. The zero-order valence-electron chi connectivity index (χ0n) is 16.7. The normalized spacial score (nSPS) is 10.6. The number of benzene rings is 2. The summed E-state index contributed by atoms with van der Waals surface area (Å²) >= 11 is 3.38. The number of hydrogen-bond donors (Lipinski definition) is 1. The number of amides is 1. The first kappa shape index (κ1) is 22.2. The van der Waals surface area contributed by atoms with Gasteiger partial charge in [-0.15, -0.1) is 0 Å². The Kier molecular flexibility index (Phi) is 7.89. The molecule has 0 saturated carbocycles. The van der Waals surface area contributed by atoms with Gasteiger partial charge in [0.15, 0.2) is 0 Å². The summed E-state index contributed by atoms with van der Waals surface area (Å²) < 4.78 is 11.8. The van der Waals surface area contributed by atoms with E-state index in [1.165, 1.54) is 12.4 Å². The van der Waals surface area contributed by atoms with Gasteiger partial charge in [0.05, 0.1) is 23.9 Å². The fourth-order valence-corrected chi connectivity index (χ4v) is 2.88. The molecule has 0 bridgehead atoms. The Hall–Kier alpha value is -3.52. The number of hydrazone groups is 1. The molecule has 0 spiro atoms. The van der Waals surface area contributed by atoms with Crippen LogP contribution in [0.2, 0.25) is 0 Å². The molecule has 1 aromatic heterocycles. The molecule has 1 amide bonds. The largest absolute Gasteiger partial charge is 0.494 e. The summed E-state index contributed by atoms with van der Waals surface area (Å²) in [5.41, 5.74) is 3.70. The zero-order valence-corrected chi connectivity index (χ0v) is 18.3. The number of esters is 1. The van der Waals surface area contributed by atoms with Crippen molar-refractivity contribution >= 4 is 34.0 Å². The van der Waals surface area contributed by atoms with E-state index in [2.05, 4.69) is 31.4 Å². The summed E-state index contributed by atoms with van der Waals surface area (Å²) in [5.74, 6) is 0.0831. The number of nitrogens with one attached hydrogen (secondary N) is 1. The minimum atomic E-state index is -0.515. The van der Waals surface area contributed by atoms with Gasteiger partial charge in [-0.1, -0.05) is 22.9 Å². The number of carbonyl (C=O) groups excluding carboxylic acids is 2. The van der Waals surface area contributed by atoms with E-state index in [0.717, 1.165) is 10.9 Å². The lowest BCUT2D eigenvalue weighted by molar-refractivity contribution is 0.0734. The van der Waals surface area contributed by atoms with Crippen molar-refractivity contribution in [1.82, 2.24) is 10.4 Å². The van der Waals surface area contributed by atoms with Crippen LogP contribution in [0.1, 0.15) is 39.6 Å². The highest BCUT2D eigenvalue weighted by Crippen LogP contribution is 2.23. The third-order valence-corrected chi connectivity index (χ3v) is 4.52. The third-order valence-electron chi connectivity index (χ3n) is 4.03. The number of ether oxygens (including phenoxy) is 2. The van der Waals surface area contributed by atoms with Crippen LogP contribution in [0.25, 0.3) is 0 Å². The first-order chi connectivity index (χ1) is 15.1. The van der Waals surface area contributed by atoms with Crippen molar-refractivity contribution in [3.8, 4) is 11.5 Å². The number of nitrogens with zero attached hydrogens (tertiary/aromatic N) is 2. The molecule has 158 valence electrons. The number of aromatic nitrogens is 1. The molecular weight excluding hydrogens is 462 g/mol. The SMILES string of the molecule is CCCOc1ccc(C(=O)Oc2ccc(Br)cc2/C=N\NC(=O)c2cccnc2)cc1. The number of halogens is 1. The molecule has 0 aliphatic carbocycles. The summed E-state index contributed by atoms with van der Waals surface area (Å²) in [4.78, 5) is 28.5. The van der Waals surface area contributed by atoms with Crippen LogP contribution in [0.3, 0.4) is 0 Å². The van der Waals surface area contributed by atoms with Crippen molar-refractivity contribution in [3.05, 3.63) is 88.2 Å². The molecule has 1 heterocycles. The molecule has 0 atom stereocenters. The van der Waals surface area contributed by atoms with E-state index >= 15 is 0 Å². The van der Waals surface area contributed by atoms with E-state index in [-0.39, 0.29) is 0 Å². The van der Waals surface area contributed by atoms with Crippen LogP contribution < -0.4 is 14.9 Å². The summed E-state index contributed by atoms with van der Waals surface area (Å²) in [7, 11) is 0. The van der Waals surface area contributed by atoms with Gasteiger partial charge >= 0.3 is 5.97 Å². The monoisotopic (exact) mass is 481 g/mol. The zero-order chi connectivity index (χ0) is 22.1. The molecule has 1 N–H and O–H groups in total. The van der Waals surface area contributed by atoms with Crippen LogP contribution in [0.15, 0.2) is 76.6 Å². The van der Waals surface area contributed by atoms with Gasteiger partial charge in [0, 0.05) is 22.4 Å². The topological polar surface area (TPSA) is 89.9 Å². The van der Waals surface area contributed by atoms with Crippen LogP contribution in [-0.4, -0.2) is 29.7 Å². The second-order valence-corrected chi connectivity index (χ2v) is 7.30. The molecule has 0 radical (unpaired) electrons. The maximum atomic E-state index is 12.5. The number of hydrogen-bond acceptors (Lipinski definition) is 6. The molecule has 7 nitrogen and oxygen atoms in total. The van der Waals surface area contributed by atoms with Crippen LogP contribution in [-0.2, 0) is 0 Å². The van der Waals surface area contributed by atoms with Gasteiger partial charge in [-0.05, 0) is 61.0 Å². The molecule has 0 aliphatic heterocycles. The van der Waals surface area contributed by atoms with E-state index < -0.39 is 11.9 Å². The first-order valence-corrected chi connectivity index (χ1v) is 10.3. The van der Waals surface area contributed by atoms with Crippen LogP contribution in [0.5, 0.6) is 11.5 Å². The Bertz CT molecular complexity index is 1070. The van der Waals surface area contributed by atoms with Gasteiger partial charge in [0.1, 0.15) is 11.5 Å². The molecule has 8 heteroatoms. The van der Waals surface area contributed by atoms with Crippen molar-refractivity contribution in [2.24, 2.45) is 5.10 Å². The van der Waals surface area contributed by atoms with Crippen molar-refractivity contribution < 1.29 is 19.1 Å². The highest BCUT2D eigenvalue weighted by molar-refractivity contribution is 9.10. The van der Waals surface area contributed by atoms with Gasteiger partial charge in [0.2, 0.25) is 0 Å². The van der Waals surface area contributed by atoms with Crippen LogP contribution >= 0.6 is 15.9 Å². The molecule has 0 aliphatic rings. The molecule has 2 aromatic carbocycles. The molecule has 0 unspecified atom stereocenters. The van der Waals surface area contributed by atoms with Crippen LogP contribution in [0, 0.1) is 0 Å². The van der Waals surface area contributed by atoms with Gasteiger partial charge in [-0.3, -0.25) is 9.78 Å². The standard InChI is InChI=1S/C23H20BrN3O4/c1-2-12-30-20-8-5-16(6-9-20)23(29)31-21-10-7-19(24)13-18(21)15-26-27-22(28)17-4-3-11-25-14-17/h3-11,13-15H,2,12H2,1H3,(H,27,28)/b26-15-. The van der Waals surface area contributed by atoms with E-state index in [4.69, 9.17) is 9.47 Å². The average molecular weight is 482 g/mol. The van der Waals surface area contributed by atoms with Gasteiger partial charge in [0.25, 0.3) is 5.91 Å². The lowest BCUT2D eigenvalue weighted by atomic mass is 10.2. The number of carbonyl (C=O) groups is 2. The molecule has 31 heavy (non-hydrogen) atoms.